The van der Waals surface area contributed by atoms with Gasteiger partial charge in [-0.2, -0.15) is 5.26 Å². The number of nitriles is 1. The highest BCUT2D eigenvalue weighted by Crippen LogP contribution is 2.66. The van der Waals surface area contributed by atoms with E-state index in [1.165, 1.54) is 12.8 Å². The lowest BCUT2D eigenvalue weighted by atomic mass is 9.45. The molecule has 5 heteroatoms. The minimum absolute atomic E-state index is 0.134. The summed E-state index contributed by atoms with van der Waals surface area (Å²) in [6.45, 7) is 4.82. The van der Waals surface area contributed by atoms with Gasteiger partial charge >= 0.3 is 0 Å². The van der Waals surface area contributed by atoms with Crippen molar-refractivity contribution in [3.8, 4) is 17.3 Å². The number of aromatic nitrogens is 1. The molecule has 6 rings (SSSR count). The Bertz CT molecular complexity index is 1240. The number of pyridine rings is 1. The van der Waals surface area contributed by atoms with Crippen molar-refractivity contribution < 1.29 is 5.11 Å². The van der Waals surface area contributed by atoms with Crippen molar-refractivity contribution in [2.75, 3.05) is 0 Å². The van der Waals surface area contributed by atoms with Crippen LogP contribution in [0.2, 0.25) is 5.02 Å². The van der Waals surface area contributed by atoms with Crippen LogP contribution in [0.4, 0.5) is 0 Å². The highest BCUT2D eigenvalue weighted by molar-refractivity contribution is 6.30. The number of aromatic amines is 1. The second kappa shape index (κ2) is 7.70. The van der Waals surface area contributed by atoms with Crippen LogP contribution < -0.4 is 5.56 Å². The highest BCUT2D eigenvalue weighted by Gasteiger charge is 2.60. The van der Waals surface area contributed by atoms with Gasteiger partial charge in [0.1, 0.15) is 11.6 Å². The smallest absolute Gasteiger partial charge is 0.266 e. The number of nitrogens with zero attached hydrogens (tertiary/aromatic N) is 1. The van der Waals surface area contributed by atoms with Crippen LogP contribution in [0.1, 0.15) is 75.5 Å². The SMILES string of the molecule is C[C@]12CC[C@H](O)C[C@@H]1CC[C@@H]1[C@@H]2CC[C@]2(C)c3c(c(-c4ccc(Cl)cc4)[nH]c(=O)c3C#N)C[C@@H]12. The summed E-state index contributed by atoms with van der Waals surface area (Å²) in [5.41, 5.74) is 4.20. The fraction of sp³-hybridized carbons (Fsp3) is 0.586. The number of fused-ring (bicyclic) bond motifs is 7. The van der Waals surface area contributed by atoms with Gasteiger partial charge in [-0.05, 0) is 115 Å². The van der Waals surface area contributed by atoms with E-state index in [0.717, 1.165) is 60.9 Å². The molecule has 4 aliphatic carbocycles. The summed E-state index contributed by atoms with van der Waals surface area (Å²) in [6.07, 6.45) is 8.33. The second-order valence-electron chi connectivity index (χ2n) is 11.9. The standard InChI is InChI=1S/C29H33ClN2O2/c1-28-11-9-19(33)13-17(28)5-8-20-23(28)10-12-29(2)24(20)14-21-25(29)22(15-31)27(34)32-26(21)16-3-6-18(30)7-4-16/h3-4,6-7,17,19-20,23-24,33H,5,8-14H2,1-2H3,(H,32,34)/t17-,19-,20+,23-,24-,28-,29-/m0/s1. The molecule has 3 saturated carbocycles. The van der Waals surface area contributed by atoms with Gasteiger partial charge in [0.2, 0.25) is 0 Å². The first-order valence-corrected chi connectivity index (χ1v) is 13.3. The summed E-state index contributed by atoms with van der Waals surface area (Å²) in [6, 6.07) is 9.93. The van der Waals surface area contributed by atoms with Crippen molar-refractivity contribution >= 4 is 11.6 Å². The van der Waals surface area contributed by atoms with Crippen LogP contribution in [0.5, 0.6) is 0 Å². The van der Waals surface area contributed by atoms with Gasteiger partial charge < -0.3 is 10.1 Å². The molecule has 0 saturated heterocycles. The maximum absolute atomic E-state index is 13.1. The minimum atomic E-state index is -0.271. The number of aliphatic hydroxyl groups excluding tert-OH is 1. The zero-order valence-corrected chi connectivity index (χ0v) is 20.8. The molecule has 1 aromatic carbocycles. The maximum Gasteiger partial charge on any atom is 0.266 e. The van der Waals surface area contributed by atoms with Crippen LogP contribution in [0.25, 0.3) is 11.3 Å². The zero-order chi connectivity index (χ0) is 23.8. The lowest BCUT2D eigenvalue weighted by Gasteiger charge is -2.60. The second-order valence-corrected chi connectivity index (χ2v) is 12.4. The van der Waals surface area contributed by atoms with Crippen molar-refractivity contribution in [2.24, 2.45) is 29.1 Å². The molecular formula is C29H33ClN2O2. The van der Waals surface area contributed by atoms with Gasteiger partial charge in [0, 0.05) is 5.02 Å². The largest absolute Gasteiger partial charge is 0.393 e. The molecule has 34 heavy (non-hydrogen) atoms. The molecule has 0 aliphatic heterocycles. The van der Waals surface area contributed by atoms with E-state index in [1.54, 1.807) is 0 Å². The molecular weight excluding hydrogens is 444 g/mol. The fourth-order valence-electron chi connectivity index (χ4n) is 8.91. The lowest BCUT2D eigenvalue weighted by molar-refractivity contribution is -0.111. The predicted octanol–water partition coefficient (Wildman–Crippen LogP) is 5.98. The van der Waals surface area contributed by atoms with Crippen LogP contribution in [0.15, 0.2) is 29.1 Å². The summed E-state index contributed by atoms with van der Waals surface area (Å²) < 4.78 is 0. The van der Waals surface area contributed by atoms with Crippen molar-refractivity contribution in [3.63, 3.8) is 0 Å². The Labute approximate surface area is 206 Å². The Morgan fingerprint density at radius 2 is 1.85 bits per heavy atom. The molecule has 1 aromatic heterocycles. The minimum Gasteiger partial charge on any atom is -0.393 e. The third-order valence-electron chi connectivity index (χ3n) is 10.6. The van der Waals surface area contributed by atoms with Gasteiger partial charge in [-0.3, -0.25) is 4.79 Å². The molecule has 178 valence electrons. The number of hydrogen-bond donors (Lipinski definition) is 2. The Kier molecular flexibility index (Phi) is 5.07. The first-order chi connectivity index (χ1) is 16.3. The Morgan fingerprint density at radius 3 is 2.59 bits per heavy atom. The van der Waals surface area contributed by atoms with E-state index in [1.807, 2.05) is 24.3 Å². The number of halogens is 1. The van der Waals surface area contributed by atoms with E-state index >= 15 is 0 Å². The summed E-state index contributed by atoms with van der Waals surface area (Å²) in [7, 11) is 0. The number of aliphatic hydroxyl groups is 1. The molecule has 1 heterocycles. The normalized spacial score (nSPS) is 38.3. The number of hydrogen-bond acceptors (Lipinski definition) is 3. The van der Waals surface area contributed by atoms with Crippen molar-refractivity contribution in [3.05, 3.63) is 56.3 Å². The van der Waals surface area contributed by atoms with Crippen LogP contribution >= 0.6 is 11.6 Å². The Hall–Kier alpha value is -2.09. The van der Waals surface area contributed by atoms with Gasteiger partial charge in [-0.1, -0.05) is 37.6 Å². The first kappa shape index (κ1) is 22.4. The van der Waals surface area contributed by atoms with E-state index in [2.05, 4.69) is 24.9 Å². The van der Waals surface area contributed by atoms with Gasteiger partial charge in [-0.15, -0.1) is 0 Å². The Balaban J connectivity index is 1.46. The third-order valence-corrected chi connectivity index (χ3v) is 10.8. The van der Waals surface area contributed by atoms with Crippen molar-refractivity contribution in [2.45, 2.75) is 76.7 Å². The monoisotopic (exact) mass is 476 g/mol. The topological polar surface area (TPSA) is 76.9 Å². The molecule has 4 aliphatic rings. The molecule has 0 amide bonds. The van der Waals surface area contributed by atoms with E-state index < -0.39 is 0 Å². The van der Waals surface area contributed by atoms with Crippen LogP contribution in [-0.4, -0.2) is 16.2 Å². The van der Waals surface area contributed by atoms with Crippen LogP contribution in [0, 0.1) is 40.4 Å². The molecule has 0 radical (unpaired) electrons. The lowest BCUT2D eigenvalue weighted by Crippen LogP contribution is -2.54. The summed E-state index contributed by atoms with van der Waals surface area (Å²) >= 11 is 6.14. The molecule has 0 unspecified atom stereocenters. The average molecular weight is 477 g/mol. The van der Waals surface area contributed by atoms with E-state index in [4.69, 9.17) is 11.6 Å². The number of H-pyrrole nitrogens is 1. The zero-order valence-electron chi connectivity index (χ0n) is 20.0. The summed E-state index contributed by atoms with van der Waals surface area (Å²) in [5, 5.41) is 21.0. The maximum atomic E-state index is 13.1. The molecule has 2 aromatic rings. The van der Waals surface area contributed by atoms with Gasteiger partial charge in [0.25, 0.3) is 5.56 Å². The number of benzene rings is 1. The third kappa shape index (κ3) is 3.02. The number of rotatable bonds is 1. The van der Waals surface area contributed by atoms with Crippen molar-refractivity contribution in [1.82, 2.24) is 4.98 Å². The van der Waals surface area contributed by atoms with Crippen molar-refractivity contribution in [1.29, 1.82) is 5.26 Å². The molecule has 4 nitrogen and oxygen atoms in total. The average Bonchev–Trinajstić information content (AvgIpc) is 3.13. The summed E-state index contributed by atoms with van der Waals surface area (Å²) in [4.78, 5) is 16.2. The molecule has 2 N–H and O–H groups in total. The molecule has 7 atom stereocenters. The van der Waals surface area contributed by atoms with Gasteiger partial charge in [-0.25, -0.2) is 0 Å². The summed E-state index contributed by atoms with van der Waals surface area (Å²) in [5.74, 6) is 2.32. The highest BCUT2D eigenvalue weighted by atomic mass is 35.5. The Morgan fingerprint density at radius 1 is 1.09 bits per heavy atom. The quantitative estimate of drug-likeness (QED) is 0.531. The van der Waals surface area contributed by atoms with E-state index in [-0.39, 0.29) is 17.1 Å². The van der Waals surface area contributed by atoms with Gasteiger partial charge in [0.05, 0.1) is 11.8 Å². The molecule has 3 fully saturated rings. The molecule has 0 spiro atoms. The number of nitrogens with one attached hydrogen (secondary N) is 1. The van der Waals surface area contributed by atoms with E-state index in [9.17, 15) is 15.2 Å². The van der Waals surface area contributed by atoms with Crippen LogP contribution in [-0.2, 0) is 11.8 Å². The predicted molar refractivity (Wildman–Crippen MR) is 134 cm³/mol. The fourth-order valence-corrected chi connectivity index (χ4v) is 9.03. The van der Waals surface area contributed by atoms with Crippen LogP contribution in [0.3, 0.4) is 0 Å². The van der Waals surface area contributed by atoms with Gasteiger partial charge in [0.15, 0.2) is 0 Å². The first-order valence-electron chi connectivity index (χ1n) is 12.9. The molecule has 0 bridgehead atoms. The van der Waals surface area contributed by atoms with E-state index in [0.29, 0.717) is 39.7 Å².